The molecule has 5 nitrogen and oxygen atoms in total. The monoisotopic (exact) mass is 360 g/mol. The first kappa shape index (κ1) is 16.8. The molecule has 3 N–H and O–H groups in total. The number of fused-ring (bicyclic) bond motifs is 1. The number of amides is 1. The zero-order chi connectivity index (χ0) is 18.6. The number of benzene rings is 2. The molecule has 0 saturated heterocycles. The van der Waals surface area contributed by atoms with Gasteiger partial charge in [0.25, 0.3) is 5.91 Å². The molecule has 0 radical (unpaired) electrons. The first-order valence-electron chi connectivity index (χ1n) is 8.51. The number of hydrogen-bond donors (Lipinski definition) is 3. The molecule has 0 bridgehead atoms. The fourth-order valence-corrected chi connectivity index (χ4v) is 2.87. The molecular weight excluding hydrogens is 343 g/mol. The number of pyridine rings is 1. The second kappa shape index (κ2) is 7.29. The minimum atomic E-state index is -0.384. The van der Waals surface area contributed by atoms with Crippen LogP contribution in [0.2, 0.25) is 0 Å². The van der Waals surface area contributed by atoms with Crippen molar-refractivity contribution in [3.05, 3.63) is 90.1 Å². The molecule has 6 heteroatoms. The maximum absolute atomic E-state index is 14.3. The van der Waals surface area contributed by atoms with Crippen LogP contribution in [0.1, 0.15) is 11.3 Å². The van der Waals surface area contributed by atoms with Gasteiger partial charge in [-0.3, -0.25) is 9.78 Å². The lowest BCUT2D eigenvalue weighted by Gasteiger charge is -2.09. The third kappa shape index (κ3) is 3.64. The van der Waals surface area contributed by atoms with E-state index in [-0.39, 0.29) is 11.7 Å². The van der Waals surface area contributed by atoms with E-state index in [1.54, 1.807) is 24.5 Å². The van der Waals surface area contributed by atoms with Gasteiger partial charge in [-0.2, -0.15) is 0 Å². The molecule has 0 saturated carbocycles. The number of aromatic nitrogens is 1. The maximum atomic E-state index is 14.3. The predicted octanol–water partition coefficient (Wildman–Crippen LogP) is 4.24. The molecule has 2 aromatic carbocycles. The van der Waals surface area contributed by atoms with E-state index >= 15 is 0 Å². The van der Waals surface area contributed by atoms with Crippen LogP contribution in [-0.2, 0) is 11.3 Å². The van der Waals surface area contributed by atoms with Gasteiger partial charge in [0.15, 0.2) is 0 Å². The van der Waals surface area contributed by atoms with Crippen molar-refractivity contribution in [2.24, 2.45) is 0 Å². The van der Waals surface area contributed by atoms with E-state index in [0.717, 1.165) is 16.9 Å². The van der Waals surface area contributed by atoms with E-state index in [0.29, 0.717) is 23.5 Å². The lowest BCUT2D eigenvalue weighted by molar-refractivity contribution is -0.110. The van der Waals surface area contributed by atoms with Crippen LogP contribution in [0.4, 0.5) is 21.5 Å². The highest BCUT2D eigenvalue weighted by atomic mass is 19.1. The van der Waals surface area contributed by atoms with Crippen LogP contribution in [0.25, 0.3) is 5.57 Å². The number of hydrogen-bond acceptors (Lipinski definition) is 4. The van der Waals surface area contributed by atoms with E-state index in [9.17, 15) is 9.18 Å². The molecule has 3 aromatic rings. The number of carbonyl (C=O) groups is 1. The number of rotatable bonds is 5. The number of para-hydroxylation sites is 1. The van der Waals surface area contributed by atoms with Crippen LogP contribution in [0, 0.1) is 5.82 Å². The lowest BCUT2D eigenvalue weighted by Crippen LogP contribution is -2.05. The van der Waals surface area contributed by atoms with Gasteiger partial charge in [0.05, 0.1) is 23.5 Å². The Bertz CT molecular complexity index is 1020. The third-order valence-corrected chi connectivity index (χ3v) is 4.25. The largest absolute Gasteiger partial charge is 0.377 e. The summed E-state index contributed by atoms with van der Waals surface area (Å²) in [6.07, 6.45) is 3.29. The lowest BCUT2D eigenvalue weighted by atomic mass is 10.1. The number of nitrogens with zero attached hydrogens (tertiary/aromatic N) is 1. The average molecular weight is 360 g/mol. The van der Waals surface area contributed by atoms with Gasteiger partial charge in [0.2, 0.25) is 0 Å². The molecule has 1 aromatic heterocycles. The summed E-state index contributed by atoms with van der Waals surface area (Å²) in [5, 5.41) is 8.82. The molecule has 4 rings (SSSR count). The van der Waals surface area contributed by atoms with Crippen molar-refractivity contribution < 1.29 is 9.18 Å². The zero-order valence-corrected chi connectivity index (χ0v) is 14.4. The van der Waals surface area contributed by atoms with Crippen LogP contribution >= 0.6 is 0 Å². The molecule has 27 heavy (non-hydrogen) atoms. The Morgan fingerprint density at radius 2 is 1.93 bits per heavy atom. The van der Waals surface area contributed by atoms with Crippen molar-refractivity contribution in [1.82, 2.24) is 4.98 Å². The van der Waals surface area contributed by atoms with Gasteiger partial charge in [-0.15, -0.1) is 0 Å². The number of nitrogens with one attached hydrogen (secondary N) is 3. The van der Waals surface area contributed by atoms with E-state index < -0.39 is 0 Å². The topological polar surface area (TPSA) is 66.1 Å². The summed E-state index contributed by atoms with van der Waals surface area (Å²) >= 11 is 0. The van der Waals surface area contributed by atoms with Gasteiger partial charge < -0.3 is 16.0 Å². The third-order valence-electron chi connectivity index (χ3n) is 4.25. The van der Waals surface area contributed by atoms with Gasteiger partial charge >= 0.3 is 0 Å². The molecule has 1 aliphatic heterocycles. The Morgan fingerprint density at radius 3 is 2.74 bits per heavy atom. The molecule has 0 aliphatic carbocycles. The number of halogens is 1. The van der Waals surface area contributed by atoms with Gasteiger partial charge in [-0.05, 0) is 36.4 Å². The molecule has 134 valence electrons. The summed E-state index contributed by atoms with van der Waals surface area (Å²) in [6, 6.07) is 17.8. The van der Waals surface area contributed by atoms with Gasteiger partial charge in [-0.25, -0.2) is 4.39 Å². The van der Waals surface area contributed by atoms with Crippen LogP contribution in [0.3, 0.4) is 0 Å². The normalized spacial score (nSPS) is 14.0. The predicted molar refractivity (Wildman–Crippen MR) is 105 cm³/mol. The molecule has 2 heterocycles. The van der Waals surface area contributed by atoms with E-state index in [1.807, 2.05) is 42.5 Å². The van der Waals surface area contributed by atoms with Gasteiger partial charge in [-0.1, -0.05) is 24.3 Å². The highest BCUT2D eigenvalue weighted by Crippen LogP contribution is 2.31. The summed E-state index contributed by atoms with van der Waals surface area (Å²) in [5.74, 6) is -0.566. The SMILES string of the molecule is O=C1Nc2ccccc2/C1=C\Nc1ccc(NCc2ccccn2)c(F)c1. The number of carbonyl (C=O) groups excluding carboxylic acids is 1. The summed E-state index contributed by atoms with van der Waals surface area (Å²) in [5.41, 5.74) is 3.89. The Balaban J connectivity index is 1.46. The highest BCUT2D eigenvalue weighted by molar-refractivity contribution is 6.31. The minimum Gasteiger partial charge on any atom is -0.377 e. The average Bonchev–Trinajstić information content (AvgIpc) is 3.01. The number of anilines is 3. The van der Waals surface area contributed by atoms with E-state index in [2.05, 4.69) is 20.9 Å². The van der Waals surface area contributed by atoms with E-state index in [4.69, 9.17) is 0 Å². The van der Waals surface area contributed by atoms with Crippen molar-refractivity contribution in [3.63, 3.8) is 0 Å². The summed E-state index contributed by atoms with van der Waals surface area (Å²) in [6.45, 7) is 0.436. The van der Waals surface area contributed by atoms with Crippen molar-refractivity contribution in [2.45, 2.75) is 6.54 Å². The minimum absolute atomic E-state index is 0.183. The van der Waals surface area contributed by atoms with E-state index in [1.165, 1.54) is 6.07 Å². The van der Waals surface area contributed by atoms with Crippen molar-refractivity contribution in [1.29, 1.82) is 0 Å². The summed E-state index contributed by atoms with van der Waals surface area (Å²) in [4.78, 5) is 16.3. The molecule has 1 aliphatic rings. The van der Waals surface area contributed by atoms with Gasteiger partial charge in [0.1, 0.15) is 5.82 Å². The first-order chi connectivity index (χ1) is 13.2. The van der Waals surface area contributed by atoms with Crippen LogP contribution in [-0.4, -0.2) is 10.9 Å². The molecule has 0 atom stereocenters. The van der Waals surface area contributed by atoms with Crippen LogP contribution < -0.4 is 16.0 Å². The molecule has 0 unspecified atom stereocenters. The Morgan fingerprint density at radius 1 is 1.07 bits per heavy atom. The fraction of sp³-hybridized carbons (Fsp3) is 0.0476. The zero-order valence-electron chi connectivity index (χ0n) is 14.4. The Hall–Kier alpha value is -3.67. The van der Waals surface area contributed by atoms with Crippen LogP contribution in [0.15, 0.2) is 73.1 Å². The first-order valence-corrected chi connectivity index (χ1v) is 8.51. The quantitative estimate of drug-likeness (QED) is 0.596. The highest BCUT2D eigenvalue weighted by Gasteiger charge is 2.23. The summed E-state index contributed by atoms with van der Waals surface area (Å²) in [7, 11) is 0. The maximum Gasteiger partial charge on any atom is 0.257 e. The standard InChI is InChI=1S/C21H17FN4O/c22-18-11-14(8-9-20(18)25-12-15-5-3-4-10-23-15)24-13-17-16-6-1-2-7-19(16)26-21(17)27/h1-11,13,24-25H,12H2,(H,26,27)/b17-13+. The smallest absolute Gasteiger partial charge is 0.257 e. The summed E-state index contributed by atoms with van der Waals surface area (Å²) < 4.78 is 14.3. The Kier molecular flexibility index (Phi) is 4.53. The molecule has 0 fully saturated rings. The van der Waals surface area contributed by atoms with Gasteiger partial charge in [0, 0.05) is 29.3 Å². The molecule has 0 spiro atoms. The second-order valence-corrected chi connectivity index (χ2v) is 6.07. The fourth-order valence-electron chi connectivity index (χ4n) is 2.87. The Labute approximate surface area is 156 Å². The van der Waals surface area contributed by atoms with Crippen LogP contribution in [0.5, 0.6) is 0 Å². The molecule has 1 amide bonds. The van der Waals surface area contributed by atoms with Crippen molar-refractivity contribution in [2.75, 3.05) is 16.0 Å². The van der Waals surface area contributed by atoms with Crippen molar-refractivity contribution >= 4 is 28.5 Å². The van der Waals surface area contributed by atoms with Crippen molar-refractivity contribution in [3.8, 4) is 0 Å². The molecular formula is C21H17FN4O. The second-order valence-electron chi connectivity index (χ2n) is 6.07.